The normalized spacial score (nSPS) is 22.6. The topological polar surface area (TPSA) is 66.5 Å². The quantitative estimate of drug-likeness (QED) is 0.881. The van der Waals surface area contributed by atoms with Crippen LogP contribution in [-0.2, 0) is 21.2 Å². The molecule has 0 radical (unpaired) electrons. The number of amides is 1. The van der Waals surface area contributed by atoms with E-state index in [1.165, 1.54) is 9.87 Å². The second kappa shape index (κ2) is 7.09. The van der Waals surface area contributed by atoms with Crippen molar-refractivity contribution in [1.29, 1.82) is 0 Å². The number of hydrogen-bond acceptors (Lipinski definition) is 3. The molecule has 2 atom stereocenters. The van der Waals surface area contributed by atoms with Gasteiger partial charge in [-0.25, -0.2) is 8.42 Å². The zero-order chi connectivity index (χ0) is 19.0. The van der Waals surface area contributed by atoms with Gasteiger partial charge in [0.05, 0.1) is 10.9 Å². The fourth-order valence-corrected chi connectivity index (χ4v) is 5.77. The number of nitrogens with one attached hydrogen (secondary N) is 1. The van der Waals surface area contributed by atoms with Crippen LogP contribution in [0.3, 0.4) is 0 Å². The standard InChI is InChI=1S/C21H24N2O3S/c1-15-8-11-17(12-9-15)27(25,26)23-14-4-7-20(23)21(24)22-19-13-10-16-5-2-3-6-18(16)19/h2-3,5-6,8-9,11-12,19-20H,4,7,10,13-14H2,1H3,(H,22,24)/t19-,20+/m1/s1. The molecule has 1 heterocycles. The Bertz CT molecular complexity index is 954. The smallest absolute Gasteiger partial charge is 0.243 e. The number of nitrogens with zero attached hydrogens (tertiary/aromatic N) is 1. The molecule has 142 valence electrons. The molecule has 0 aromatic heterocycles. The SMILES string of the molecule is Cc1ccc(S(=O)(=O)N2CCC[C@H]2C(=O)N[C@@H]2CCc3ccccc32)cc1. The first kappa shape index (κ1) is 18.2. The van der Waals surface area contributed by atoms with E-state index in [2.05, 4.69) is 11.4 Å². The third-order valence-corrected chi connectivity index (χ3v) is 7.51. The first-order valence-electron chi connectivity index (χ1n) is 9.43. The first-order valence-corrected chi connectivity index (χ1v) is 10.9. The maximum Gasteiger partial charge on any atom is 0.243 e. The van der Waals surface area contributed by atoms with Crippen LogP contribution in [-0.4, -0.2) is 31.2 Å². The van der Waals surface area contributed by atoms with E-state index in [0.717, 1.165) is 24.0 Å². The van der Waals surface area contributed by atoms with Crippen molar-refractivity contribution in [3.63, 3.8) is 0 Å². The average molecular weight is 385 g/mol. The zero-order valence-electron chi connectivity index (χ0n) is 15.4. The highest BCUT2D eigenvalue weighted by molar-refractivity contribution is 7.89. The second-order valence-electron chi connectivity index (χ2n) is 7.39. The Morgan fingerprint density at radius 1 is 1.07 bits per heavy atom. The molecule has 1 fully saturated rings. The Kier molecular flexibility index (Phi) is 4.78. The maximum atomic E-state index is 13.0. The van der Waals surface area contributed by atoms with Crippen molar-refractivity contribution in [2.45, 2.75) is 49.6 Å². The van der Waals surface area contributed by atoms with E-state index in [9.17, 15) is 13.2 Å². The fraction of sp³-hybridized carbons (Fsp3) is 0.381. The lowest BCUT2D eigenvalue weighted by molar-refractivity contribution is -0.125. The Balaban J connectivity index is 1.53. The molecule has 2 aromatic carbocycles. The Morgan fingerprint density at radius 2 is 1.81 bits per heavy atom. The summed E-state index contributed by atoms with van der Waals surface area (Å²) in [6.07, 6.45) is 3.06. The molecule has 1 aliphatic carbocycles. The predicted octanol–water partition coefficient (Wildman–Crippen LogP) is 2.95. The van der Waals surface area contributed by atoms with Crippen LogP contribution in [0.2, 0.25) is 0 Å². The van der Waals surface area contributed by atoms with Gasteiger partial charge in [0.1, 0.15) is 6.04 Å². The van der Waals surface area contributed by atoms with Crippen LogP contribution in [0.25, 0.3) is 0 Å². The molecule has 0 saturated carbocycles. The van der Waals surface area contributed by atoms with E-state index in [1.807, 2.05) is 25.1 Å². The van der Waals surface area contributed by atoms with Gasteiger partial charge in [0.15, 0.2) is 0 Å². The van der Waals surface area contributed by atoms with Gasteiger partial charge in [-0.05, 0) is 55.9 Å². The van der Waals surface area contributed by atoms with E-state index < -0.39 is 16.1 Å². The van der Waals surface area contributed by atoms with Crippen molar-refractivity contribution in [3.05, 3.63) is 65.2 Å². The van der Waals surface area contributed by atoms with Crippen molar-refractivity contribution in [2.24, 2.45) is 0 Å². The molecule has 2 aromatic rings. The lowest BCUT2D eigenvalue weighted by Gasteiger charge is -2.25. The number of sulfonamides is 1. The van der Waals surface area contributed by atoms with Gasteiger partial charge in [-0.15, -0.1) is 0 Å². The zero-order valence-corrected chi connectivity index (χ0v) is 16.2. The van der Waals surface area contributed by atoms with E-state index in [0.29, 0.717) is 19.4 Å². The molecular formula is C21H24N2O3S. The monoisotopic (exact) mass is 384 g/mol. The molecule has 0 spiro atoms. The minimum atomic E-state index is -3.67. The predicted molar refractivity (Wildman–Crippen MR) is 104 cm³/mol. The molecule has 1 saturated heterocycles. The van der Waals surface area contributed by atoms with Crippen molar-refractivity contribution >= 4 is 15.9 Å². The van der Waals surface area contributed by atoms with Crippen molar-refractivity contribution in [1.82, 2.24) is 9.62 Å². The van der Waals surface area contributed by atoms with Crippen LogP contribution in [0.4, 0.5) is 0 Å². The molecule has 0 unspecified atom stereocenters. The minimum Gasteiger partial charge on any atom is -0.348 e. The van der Waals surface area contributed by atoms with Gasteiger partial charge in [-0.3, -0.25) is 4.79 Å². The summed E-state index contributed by atoms with van der Waals surface area (Å²) in [4.78, 5) is 13.2. The summed E-state index contributed by atoms with van der Waals surface area (Å²) in [6.45, 7) is 2.30. The Hall–Kier alpha value is -2.18. The molecule has 2 aliphatic rings. The second-order valence-corrected chi connectivity index (χ2v) is 9.28. The molecule has 0 bridgehead atoms. The van der Waals surface area contributed by atoms with Crippen molar-refractivity contribution in [2.75, 3.05) is 6.54 Å². The minimum absolute atomic E-state index is 0.0294. The lowest BCUT2D eigenvalue weighted by atomic mass is 10.1. The number of aryl methyl sites for hydroxylation is 2. The van der Waals surface area contributed by atoms with Crippen LogP contribution in [0, 0.1) is 6.92 Å². The summed E-state index contributed by atoms with van der Waals surface area (Å²) < 4.78 is 27.5. The van der Waals surface area contributed by atoms with Gasteiger partial charge in [0.25, 0.3) is 0 Å². The Labute approximate surface area is 160 Å². The van der Waals surface area contributed by atoms with E-state index in [-0.39, 0.29) is 16.8 Å². The summed E-state index contributed by atoms with van der Waals surface area (Å²) in [5.74, 6) is -0.190. The molecule has 4 rings (SSSR count). The summed E-state index contributed by atoms with van der Waals surface area (Å²) in [7, 11) is -3.67. The molecule has 1 N–H and O–H groups in total. The maximum absolute atomic E-state index is 13.0. The number of benzene rings is 2. The first-order chi connectivity index (χ1) is 13.0. The van der Waals surface area contributed by atoms with Gasteiger partial charge in [-0.2, -0.15) is 4.31 Å². The van der Waals surface area contributed by atoms with Gasteiger partial charge in [0, 0.05) is 6.54 Å². The molecule has 1 aliphatic heterocycles. The molecule has 27 heavy (non-hydrogen) atoms. The highest BCUT2D eigenvalue weighted by atomic mass is 32.2. The summed E-state index contributed by atoms with van der Waals surface area (Å²) in [6, 6.07) is 14.3. The molecule has 5 nitrogen and oxygen atoms in total. The van der Waals surface area contributed by atoms with E-state index >= 15 is 0 Å². The molecule has 6 heteroatoms. The van der Waals surface area contributed by atoms with Gasteiger partial charge >= 0.3 is 0 Å². The number of carbonyl (C=O) groups excluding carboxylic acids is 1. The largest absolute Gasteiger partial charge is 0.348 e. The number of hydrogen-bond donors (Lipinski definition) is 1. The van der Waals surface area contributed by atoms with Gasteiger partial charge in [-0.1, -0.05) is 42.0 Å². The fourth-order valence-electron chi connectivity index (χ4n) is 4.11. The van der Waals surface area contributed by atoms with Crippen LogP contribution in [0.1, 0.15) is 42.0 Å². The highest BCUT2D eigenvalue weighted by Gasteiger charge is 2.40. The summed E-state index contributed by atoms with van der Waals surface area (Å²) in [5, 5.41) is 3.09. The van der Waals surface area contributed by atoms with Crippen molar-refractivity contribution < 1.29 is 13.2 Å². The number of rotatable bonds is 4. The lowest BCUT2D eigenvalue weighted by Crippen LogP contribution is -2.46. The van der Waals surface area contributed by atoms with E-state index in [1.54, 1.807) is 24.3 Å². The number of carbonyl (C=O) groups is 1. The Morgan fingerprint density at radius 3 is 2.59 bits per heavy atom. The van der Waals surface area contributed by atoms with Crippen LogP contribution in [0.15, 0.2) is 53.4 Å². The van der Waals surface area contributed by atoms with Crippen LogP contribution < -0.4 is 5.32 Å². The summed E-state index contributed by atoms with van der Waals surface area (Å²) in [5.41, 5.74) is 3.42. The third-order valence-electron chi connectivity index (χ3n) is 5.58. The van der Waals surface area contributed by atoms with Crippen LogP contribution >= 0.6 is 0 Å². The summed E-state index contributed by atoms with van der Waals surface area (Å²) >= 11 is 0. The van der Waals surface area contributed by atoms with Crippen molar-refractivity contribution in [3.8, 4) is 0 Å². The van der Waals surface area contributed by atoms with E-state index in [4.69, 9.17) is 0 Å². The number of fused-ring (bicyclic) bond motifs is 1. The molecule has 1 amide bonds. The van der Waals surface area contributed by atoms with Gasteiger partial charge < -0.3 is 5.32 Å². The molecular weight excluding hydrogens is 360 g/mol. The highest BCUT2D eigenvalue weighted by Crippen LogP contribution is 2.32. The van der Waals surface area contributed by atoms with Crippen LogP contribution in [0.5, 0.6) is 0 Å². The third kappa shape index (κ3) is 3.39. The van der Waals surface area contributed by atoms with Gasteiger partial charge in [0.2, 0.25) is 15.9 Å². The average Bonchev–Trinajstić information content (AvgIpc) is 3.30.